The van der Waals surface area contributed by atoms with Crippen LogP contribution >= 0.6 is 0 Å². The number of carboxylic acid groups (broad SMARTS) is 1. The molecule has 0 saturated heterocycles. The number of carbonyl (C=O) groups is 1. The Balaban J connectivity index is 2.68. The fourth-order valence-corrected chi connectivity index (χ4v) is 2.71. The number of allylic oxidation sites excluding steroid dienone is 1. The van der Waals surface area contributed by atoms with Gasteiger partial charge in [0.1, 0.15) is 0 Å². The summed E-state index contributed by atoms with van der Waals surface area (Å²) in [5.41, 5.74) is 0.580. The molecule has 0 aromatic heterocycles. The zero-order chi connectivity index (χ0) is 12.2. The molecule has 1 aliphatic carbocycles. The van der Waals surface area contributed by atoms with Crippen molar-refractivity contribution in [3.05, 3.63) is 12.2 Å². The third-order valence-electron chi connectivity index (χ3n) is 4.18. The maximum Gasteiger partial charge on any atom is 0.309 e. The van der Waals surface area contributed by atoms with Gasteiger partial charge in [-0.25, -0.2) is 0 Å². The summed E-state index contributed by atoms with van der Waals surface area (Å²) in [7, 11) is 0. The van der Waals surface area contributed by atoms with Crippen LogP contribution in [-0.2, 0) is 4.79 Å². The third-order valence-corrected chi connectivity index (χ3v) is 4.18. The van der Waals surface area contributed by atoms with E-state index in [0.29, 0.717) is 6.42 Å². The number of aliphatic carboxylic acids is 1. The lowest BCUT2D eigenvalue weighted by molar-refractivity contribution is -0.151. The zero-order valence-electron chi connectivity index (χ0n) is 10.6. The van der Waals surface area contributed by atoms with Gasteiger partial charge < -0.3 is 5.11 Å². The molecule has 0 amide bonds. The molecule has 1 N–H and O–H groups in total. The van der Waals surface area contributed by atoms with E-state index in [9.17, 15) is 9.90 Å². The molecule has 1 saturated carbocycles. The second-order valence-electron chi connectivity index (χ2n) is 5.22. The van der Waals surface area contributed by atoms with Gasteiger partial charge in [-0.3, -0.25) is 4.79 Å². The van der Waals surface area contributed by atoms with Crippen LogP contribution in [-0.4, -0.2) is 11.1 Å². The van der Waals surface area contributed by atoms with Gasteiger partial charge in [0, 0.05) is 0 Å². The van der Waals surface area contributed by atoms with Crippen molar-refractivity contribution in [3.63, 3.8) is 0 Å². The lowest BCUT2D eigenvalue weighted by Gasteiger charge is -2.37. The Hall–Kier alpha value is -0.790. The Morgan fingerprint density at radius 3 is 2.31 bits per heavy atom. The quantitative estimate of drug-likeness (QED) is 0.716. The highest BCUT2D eigenvalue weighted by atomic mass is 16.4. The summed E-state index contributed by atoms with van der Waals surface area (Å²) in [6.45, 7) is 8.22. The van der Waals surface area contributed by atoms with E-state index in [1.54, 1.807) is 0 Å². The van der Waals surface area contributed by atoms with Gasteiger partial charge in [-0.1, -0.05) is 32.4 Å². The minimum atomic E-state index is -0.614. The van der Waals surface area contributed by atoms with Crippen molar-refractivity contribution in [1.29, 1.82) is 0 Å². The third kappa shape index (κ3) is 2.87. The Bertz CT molecular complexity index is 260. The summed E-state index contributed by atoms with van der Waals surface area (Å²) in [4.78, 5) is 11.5. The number of hydrogen-bond acceptors (Lipinski definition) is 1. The molecule has 0 unspecified atom stereocenters. The Morgan fingerprint density at radius 1 is 1.38 bits per heavy atom. The van der Waals surface area contributed by atoms with Gasteiger partial charge in [0.2, 0.25) is 0 Å². The number of rotatable bonds is 5. The van der Waals surface area contributed by atoms with E-state index in [1.807, 2.05) is 0 Å². The van der Waals surface area contributed by atoms with Crippen LogP contribution in [0.2, 0.25) is 0 Å². The largest absolute Gasteiger partial charge is 0.481 e. The standard InChI is InChI=1S/C14H24O2/c1-4-11(3)10-14(13(15)16)8-6-12(5-2)7-9-14/h12H,3-10H2,1-2H3,(H,15,16). The highest BCUT2D eigenvalue weighted by Gasteiger charge is 2.41. The second kappa shape index (κ2) is 5.51. The van der Waals surface area contributed by atoms with Crippen LogP contribution < -0.4 is 0 Å². The molecule has 0 aliphatic heterocycles. The molecule has 0 atom stereocenters. The Kier molecular flexibility index (Phi) is 4.57. The van der Waals surface area contributed by atoms with Crippen molar-refractivity contribution in [1.82, 2.24) is 0 Å². The summed E-state index contributed by atoms with van der Waals surface area (Å²) < 4.78 is 0. The van der Waals surface area contributed by atoms with E-state index < -0.39 is 11.4 Å². The molecule has 0 bridgehead atoms. The first-order chi connectivity index (χ1) is 7.54. The normalized spacial score (nSPS) is 30.0. The van der Waals surface area contributed by atoms with Crippen molar-refractivity contribution in [2.45, 2.75) is 58.8 Å². The molecule has 1 fully saturated rings. The molecule has 0 aromatic carbocycles. The lowest BCUT2D eigenvalue weighted by Crippen LogP contribution is -2.35. The highest BCUT2D eigenvalue weighted by molar-refractivity contribution is 5.75. The number of hydrogen-bond donors (Lipinski definition) is 1. The number of carboxylic acids is 1. The summed E-state index contributed by atoms with van der Waals surface area (Å²) in [6, 6.07) is 0. The summed E-state index contributed by atoms with van der Waals surface area (Å²) in [5.74, 6) is 0.124. The SMILES string of the molecule is C=C(CC)CC1(C(=O)O)CCC(CC)CC1. The van der Waals surface area contributed by atoms with Gasteiger partial charge in [0.05, 0.1) is 5.41 Å². The molecular formula is C14H24O2. The predicted octanol–water partition coefficient (Wildman–Crippen LogP) is 4.01. The molecule has 1 aliphatic rings. The molecular weight excluding hydrogens is 200 g/mol. The molecule has 1 rings (SSSR count). The first-order valence-corrected chi connectivity index (χ1v) is 6.44. The van der Waals surface area contributed by atoms with Gasteiger partial charge in [-0.2, -0.15) is 0 Å². The van der Waals surface area contributed by atoms with Gasteiger partial charge in [-0.05, 0) is 44.4 Å². The summed E-state index contributed by atoms with van der Waals surface area (Å²) in [5, 5.41) is 9.45. The average molecular weight is 224 g/mol. The van der Waals surface area contributed by atoms with Crippen molar-refractivity contribution < 1.29 is 9.90 Å². The van der Waals surface area contributed by atoms with E-state index in [1.165, 1.54) is 6.42 Å². The zero-order valence-corrected chi connectivity index (χ0v) is 10.6. The molecule has 16 heavy (non-hydrogen) atoms. The Labute approximate surface area is 98.7 Å². The lowest BCUT2D eigenvalue weighted by atomic mass is 9.67. The van der Waals surface area contributed by atoms with E-state index in [2.05, 4.69) is 20.4 Å². The van der Waals surface area contributed by atoms with Crippen LogP contribution in [0.3, 0.4) is 0 Å². The maximum atomic E-state index is 11.5. The molecule has 0 aromatic rings. The second-order valence-corrected chi connectivity index (χ2v) is 5.22. The van der Waals surface area contributed by atoms with E-state index in [4.69, 9.17) is 0 Å². The molecule has 2 heteroatoms. The molecule has 92 valence electrons. The molecule has 0 heterocycles. The van der Waals surface area contributed by atoms with E-state index >= 15 is 0 Å². The fraction of sp³-hybridized carbons (Fsp3) is 0.786. The summed E-state index contributed by atoms with van der Waals surface area (Å²) in [6.07, 6.45) is 6.56. The molecule has 0 radical (unpaired) electrons. The van der Waals surface area contributed by atoms with Crippen molar-refractivity contribution in [3.8, 4) is 0 Å². The van der Waals surface area contributed by atoms with Crippen molar-refractivity contribution in [2.75, 3.05) is 0 Å². The topological polar surface area (TPSA) is 37.3 Å². The van der Waals surface area contributed by atoms with E-state index in [0.717, 1.165) is 43.6 Å². The monoisotopic (exact) mass is 224 g/mol. The fourth-order valence-electron chi connectivity index (χ4n) is 2.71. The van der Waals surface area contributed by atoms with Crippen LogP contribution in [0.15, 0.2) is 12.2 Å². The van der Waals surface area contributed by atoms with E-state index in [-0.39, 0.29) is 0 Å². The van der Waals surface area contributed by atoms with Gasteiger partial charge in [0.25, 0.3) is 0 Å². The highest BCUT2D eigenvalue weighted by Crippen LogP contribution is 2.44. The Morgan fingerprint density at radius 2 is 1.94 bits per heavy atom. The smallest absolute Gasteiger partial charge is 0.309 e. The first kappa shape index (κ1) is 13.3. The van der Waals surface area contributed by atoms with Gasteiger partial charge >= 0.3 is 5.97 Å². The van der Waals surface area contributed by atoms with Crippen molar-refractivity contribution >= 4 is 5.97 Å². The van der Waals surface area contributed by atoms with Crippen LogP contribution in [0, 0.1) is 11.3 Å². The van der Waals surface area contributed by atoms with Crippen molar-refractivity contribution in [2.24, 2.45) is 11.3 Å². The molecule has 0 spiro atoms. The minimum absolute atomic E-state index is 0.501. The van der Waals surface area contributed by atoms with Crippen LogP contribution in [0.5, 0.6) is 0 Å². The van der Waals surface area contributed by atoms with Crippen LogP contribution in [0.4, 0.5) is 0 Å². The minimum Gasteiger partial charge on any atom is -0.481 e. The van der Waals surface area contributed by atoms with Crippen LogP contribution in [0.25, 0.3) is 0 Å². The van der Waals surface area contributed by atoms with Crippen LogP contribution in [0.1, 0.15) is 58.8 Å². The van der Waals surface area contributed by atoms with Gasteiger partial charge in [0.15, 0.2) is 0 Å². The predicted molar refractivity (Wildman–Crippen MR) is 66.4 cm³/mol. The summed E-state index contributed by atoms with van der Waals surface area (Å²) >= 11 is 0. The average Bonchev–Trinajstić information content (AvgIpc) is 2.29. The van der Waals surface area contributed by atoms with Gasteiger partial charge in [-0.15, -0.1) is 0 Å². The first-order valence-electron chi connectivity index (χ1n) is 6.44. The maximum absolute atomic E-state index is 11.5. The molecule has 2 nitrogen and oxygen atoms in total.